The van der Waals surface area contributed by atoms with Crippen molar-refractivity contribution in [3.63, 3.8) is 0 Å². The fourth-order valence-corrected chi connectivity index (χ4v) is 3.16. The molecule has 1 aliphatic rings. The van der Waals surface area contributed by atoms with Crippen LogP contribution < -0.4 is 20.9 Å². The van der Waals surface area contributed by atoms with Crippen LogP contribution in [0.5, 0.6) is 5.75 Å². The molecule has 1 aromatic heterocycles. The van der Waals surface area contributed by atoms with Crippen LogP contribution in [-0.2, 0) is 0 Å². The maximum Gasteiger partial charge on any atom is 0.318 e. The van der Waals surface area contributed by atoms with E-state index in [0.717, 1.165) is 0 Å². The lowest BCUT2D eigenvalue weighted by atomic mass is 9.90. The van der Waals surface area contributed by atoms with Gasteiger partial charge in [-0.25, -0.2) is 4.79 Å². The first-order valence-corrected chi connectivity index (χ1v) is 8.44. The maximum atomic E-state index is 12.6. The first-order chi connectivity index (χ1) is 12.8. The van der Waals surface area contributed by atoms with Crippen LogP contribution in [0.4, 0.5) is 4.79 Å². The second-order valence-corrected chi connectivity index (χ2v) is 6.67. The molecule has 0 saturated heterocycles. The molecule has 0 aliphatic carbocycles. The molecular weight excluding hydrogens is 344 g/mol. The van der Waals surface area contributed by atoms with Crippen LogP contribution in [0.25, 0.3) is 5.70 Å². The Morgan fingerprint density at radius 3 is 2.63 bits per heavy atom. The van der Waals surface area contributed by atoms with Crippen LogP contribution in [0, 0.1) is 18.3 Å². The fourth-order valence-electron chi connectivity index (χ4n) is 3.16. The normalized spacial score (nSPS) is 14.6. The Labute approximate surface area is 156 Å². The SMILES string of the molecule is CNC(=O)NC1=C(n2ccccc2=O)c2c(ccc(C#N)c2C)OC1(C)C. The molecule has 0 saturated carbocycles. The number of carbonyl (C=O) groups is 1. The van der Waals surface area contributed by atoms with Crippen LogP contribution in [0.1, 0.15) is 30.5 Å². The second-order valence-electron chi connectivity index (χ2n) is 6.67. The van der Waals surface area contributed by atoms with E-state index in [1.807, 2.05) is 13.8 Å². The summed E-state index contributed by atoms with van der Waals surface area (Å²) in [6.45, 7) is 5.41. The van der Waals surface area contributed by atoms with Gasteiger partial charge in [-0.2, -0.15) is 5.26 Å². The number of amides is 2. The molecule has 0 bridgehead atoms. The van der Waals surface area contributed by atoms with E-state index in [2.05, 4.69) is 16.7 Å². The molecule has 2 N–H and O–H groups in total. The van der Waals surface area contributed by atoms with Gasteiger partial charge in [-0.05, 0) is 44.5 Å². The summed E-state index contributed by atoms with van der Waals surface area (Å²) in [5.41, 5.74) is 1.50. The monoisotopic (exact) mass is 364 g/mol. The lowest BCUT2D eigenvalue weighted by Crippen LogP contribution is -2.47. The van der Waals surface area contributed by atoms with E-state index in [9.17, 15) is 14.9 Å². The standard InChI is InChI=1S/C20H20N4O3/c1-12-13(11-21)8-9-14-16(12)17(24-10-6-5-7-15(24)25)18(20(2,3)27-14)23-19(26)22-4/h5-10H,1-4H3,(H2,22,23,26). The molecule has 0 spiro atoms. The van der Waals surface area contributed by atoms with E-state index < -0.39 is 11.6 Å². The molecule has 7 nitrogen and oxygen atoms in total. The number of nitriles is 1. The highest BCUT2D eigenvalue weighted by molar-refractivity contribution is 5.85. The van der Waals surface area contributed by atoms with Gasteiger partial charge in [0.05, 0.1) is 23.0 Å². The zero-order valence-corrected chi connectivity index (χ0v) is 15.6. The molecule has 3 rings (SSSR count). The molecule has 1 aromatic carbocycles. The smallest absolute Gasteiger partial charge is 0.318 e. The zero-order chi connectivity index (χ0) is 19.8. The lowest BCUT2D eigenvalue weighted by molar-refractivity contribution is 0.135. The Balaban J connectivity index is 2.45. The van der Waals surface area contributed by atoms with Crippen molar-refractivity contribution in [1.82, 2.24) is 15.2 Å². The first-order valence-electron chi connectivity index (χ1n) is 8.44. The summed E-state index contributed by atoms with van der Waals surface area (Å²) in [4.78, 5) is 24.7. The average Bonchev–Trinajstić information content (AvgIpc) is 2.63. The van der Waals surface area contributed by atoms with E-state index >= 15 is 0 Å². The molecule has 0 radical (unpaired) electrons. The molecule has 0 atom stereocenters. The van der Waals surface area contributed by atoms with Crippen LogP contribution >= 0.6 is 0 Å². The molecule has 138 valence electrons. The predicted molar refractivity (Wildman–Crippen MR) is 101 cm³/mol. The van der Waals surface area contributed by atoms with Gasteiger partial charge in [0, 0.05) is 24.9 Å². The zero-order valence-electron chi connectivity index (χ0n) is 15.6. The number of pyridine rings is 1. The summed E-state index contributed by atoms with van der Waals surface area (Å²) >= 11 is 0. The third-order valence-electron chi connectivity index (χ3n) is 4.52. The molecule has 27 heavy (non-hydrogen) atoms. The summed E-state index contributed by atoms with van der Waals surface area (Å²) in [6.07, 6.45) is 1.63. The number of benzene rings is 1. The van der Waals surface area contributed by atoms with Gasteiger partial charge >= 0.3 is 6.03 Å². The average molecular weight is 364 g/mol. The minimum atomic E-state index is -0.912. The van der Waals surface area contributed by atoms with Gasteiger partial charge in [-0.15, -0.1) is 0 Å². The Kier molecular flexibility index (Phi) is 4.50. The van der Waals surface area contributed by atoms with E-state index in [-0.39, 0.29) is 5.56 Å². The number of nitrogens with zero attached hydrogens (tertiary/aromatic N) is 2. The molecular formula is C20H20N4O3. The summed E-state index contributed by atoms with van der Waals surface area (Å²) in [5, 5.41) is 14.7. The molecule has 7 heteroatoms. The predicted octanol–water partition coefficient (Wildman–Crippen LogP) is 2.35. The molecule has 0 fully saturated rings. The highest BCUT2D eigenvalue weighted by Gasteiger charge is 2.38. The van der Waals surface area contributed by atoms with E-state index in [4.69, 9.17) is 4.74 Å². The van der Waals surface area contributed by atoms with Gasteiger partial charge < -0.3 is 15.4 Å². The van der Waals surface area contributed by atoms with Crippen molar-refractivity contribution >= 4 is 11.7 Å². The number of fused-ring (bicyclic) bond motifs is 1. The molecule has 0 unspecified atom stereocenters. The Morgan fingerprint density at radius 2 is 2.00 bits per heavy atom. The van der Waals surface area contributed by atoms with Crippen molar-refractivity contribution in [2.45, 2.75) is 26.4 Å². The van der Waals surface area contributed by atoms with Crippen LogP contribution in [0.3, 0.4) is 0 Å². The highest BCUT2D eigenvalue weighted by atomic mass is 16.5. The minimum absolute atomic E-state index is 0.255. The summed E-state index contributed by atoms with van der Waals surface area (Å²) < 4.78 is 7.58. The van der Waals surface area contributed by atoms with Crippen molar-refractivity contribution in [1.29, 1.82) is 5.26 Å². The summed E-state index contributed by atoms with van der Waals surface area (Å²) in [5.74, 6) is 0.546. The number of hydrogen-bond donors (Lipinski definition) is 2. The van der Waals surface area contributed by atoms with Crippen LogP contribution in [-0.4, -0.2) is 23.2 Å². The minimum Gasteiger partial charge on any atom is -0.481 e. The topological polar surface area (TPSA) is 96.2 Å². The van der Waals surface area contributed by atoms with Crippen molar-refractivity contribution in [2.24, 2.45) is 0 Å². The molecule has 2 amide bonds. The van der Waals surface area contributed by atoms with Crippen LogP contribution in [0.15, 0.2) is 47.0 Å². The number of urea groups is 1. The van der Waals surface area contributed by atoms with Crippen molar-refractivity contribution in [2.75, 3.05) is 7.05 Å². The highest BCUT2D eigenvalue weighted by Crippen LogP contribution is 2.42. The van der Waals surface area contributed by atoms with Gasteiger partial charge in [0.1, 0.15) is 11.4 Å². The van der Waals surface area contributed by atoms with Gasteiger partial charge in [-0.1, -0.05) is 6.07 Å². The summed E-state index contributed by atoms with van der Waals surface area (Å²) in [6, 6.07) is 9.95. The van der Waals surface area contributed by atoms with Crippen LogP contribution in [0.2, 0.25) is 0 Å². The number of rotatable bonds is 2. The Morgan fingerprint density at radius 1 is 1.26 bits per heavy atom. The summed E-state index contributed by atoms with van der Waals surface area (Å²) in [7, 11) is 1.51. The van der Waals surface area contributed by atoms with Gasteiger partial charge in [0.15, 0.2) is 0 Å². The largest absolute Gasteiger partial charge is 0.481 e. The molecule has 2 aromatic rings. The van der Waals surface area contributed by atoms with Crippen molar-refractivity contribution < 1.29 is 9.53 Å². The third kappa shape index (κ3) is 3.06. The van der Waals surface area contributed by atoms with Crippen molar-refractivity contribution in [3.8, 4) is 11.8 Å². The second kappa shape index (κ2) is 6.65. The number of hydrogen-bond acceptors (Lipinski definition) is 4. The molecule has 1 aliphatic heterocycles. The lowest BCUT2D eigenvalue weighted by Gasteiger charge is -2.38. The number of aromatic nitrogens is 1. The number of carbonyl (C=O) groups excluding carboxylic acids is 1. The fraction of sp³-hybridized carbons (Fsp3) is 0.250. The quantitative estimate of drug-likeness (QED) is 0.855. The van der Waals surface area contributed by atoms with E-state index in [1.54, 1.807) is 37.4 Å². The third-order valence-corrected chi connectivity index (χ3v) is 4.52. The number of ether oxygens (including phenoxy) is 1. The van der Waals surface area contributed by atoms with Crippen molar-refractivity contribution in [3.05, 3.63) is 69.3 Å². The Bertz CT molecular complexity index is 1060. The van der Waals surface area contributed by atoms with Gasteiger partial charge in [0.25, 0.3) is 5.56 Å². The van der Waals surface area contributed by atoms with E-state index in [1.165, 1.54) is 17.7 Å². The first kappa shape index (κ1) is 18.3. The molecule has 2 heterocycles. The van der Waals surface area contributed by atoms with Gasteiger partial charge in [0.2, 0.25) is 0 Å². The van der Waals surface area contributed by atoms with E-state index in [0.29, 0.717) is 33.8 Å². The Hall–Kier alpha value is -3.53. The maximum absolute atomic E-state index is 12.6. The van der Waals surface area contributed by atoms with Gasteiger partial charge in [-0.3, -0.25) is 9.36 Å². The number of nitrogens with one attached hydrogen (secondary N) is 2.